The molecule has 1 amide bonds. The predicted molar refractivity (Wildman–Crippen MR) is 160 cm³/mol. The number of piperazine rings is 1. The molecule has 1 N–H and O–H groups in total. The average Bonchev–Trinajstić information content (AvgIpc) is 3.22. The molecule has 5 rings (SSSR count). The van der Waals surface area contributed by atoms with Gasteiger partial charge in [-0.2, -0.15) is 0 Å². The standard InChI is InChI=1S/C28H34ClN5O3.2ClH/c1-19-23(29)6-4-7-24(19)33-14-12-32(13-15-33)11-5-10-30-28(35)27-20(2)34(21(3)31-27)22-8-9-25-26(18-22)37-17-16-36-25;;/h4,6-9,18H,5,10-17H2,1-3H3,(H,30,35);2*1H. The fraction of sp³-hybridized carbons (Fsp3) is 0.429. The fourth-order valence-corrected chi connectivity index (χ4v) is 5.32. The van der Waals surface area contributed by atoms with Crippen LogP contribution in [0.4, 0.5) is 5.69 Å². The summed E-state index contributed by atoms with van der Waals surface area (Å²) in [5.41, 5.74) is 4.53. The summed E-state index contributed by atoms with van der Waals surface area (Å²) in [5.74, 6) is 2.07. The largest absolute Gasteiger partial charge is 0.486 e. The van der Waals surface area contributed by atoms with Crippen LogP contribution in [0.15, 0.2) is 36.4 Å². The van der Waals surface area contributed by atoms with E-state index in [4.69, 9.17) is 21.1 Å². The lowest BCUT2D eigenvalue weighted by molar-refractivity contribution is 0.0946. The molecule has 3 aromatic rings. The van der Waals surface area contributed by atoms with Crippen LogP contribution in [-0.4, -0.2) is 72.8 Å². The molecule has 2 aliphatic heterocycles. The van der Waals surface area contributed by atoms with Crippen molar-refractivity contribution in [2.75, 3.05) is 57.4 Å². The minimum absolute atomic E-state index is 0. The van der Waals surface area contributed by atoms with Gasteiger partial charge in [-0.25, -0.2) is 4.98 Å². The molecule has 0 unspecified atom stereocenters. The number of imidazole rings is 1. The van der Waals surface area contributed by atoms with Crippen molar-refractivity contribution in [3.63, 3.8) is 0 Å². The highest BCUT2D eigenvalue weighted by molar-refractivity contribution is 6.31. The van der Waals surface area contributed by atoms with Crippen LogP contribution in [-0.2, 0) is 0 Å². The minimum atomic E-state index is -0.141. The first-order valence-corrected chi connectivity index (χ1v) is 13.3. The summed E-state index contributed by atoms with van der Waals surface area (Å²) in [6, 6.07) is 11.9. The van der Waals surface area contributed by atoms with E-state index in [1.165, 1.54) is 5.69 Å². The maximum Gasteiger partial charge on any atom is 0.271 e. The van der Waals surface area contributed by atoms with Crippen LogP contribution in [0.5, 0.6) is 11.5 Å². The third-order valence-corrected chi connectivity index (χ3v) is 7.57. The number of anilines is 1. The number of hydrogen-bond donors (Lipinski definition) is 1. The molecule has 3 heterocycles. The number of nitrogens with zero attached hydrogens (tertiary/aromatic N) is 4. The van der Waals surface area contributed by atoms with Crippen molar-refractivity contribution in [3.8, 4) is 17.2 Å². The van der Waals surface area contributed by atoms with Gasteiger partial charge in [0.25, 0.3) is 5.91 Å². The molecule has 1 saturated heterocycles. The molecule has 0 saturated carbocycles. The third kappa shape index (κ3) is 6.74. The number of rotatable bonds is 7. The number of carbonyl (C=O) groups excluding carboxylic acids is 1. The van der Waals surface area contributed by atoms with Gasteiger partial charge in [-0.05, 0) is 63.6 Å². The molecule has 1 aromatic heterocycles. The Bertz CT molecular complexity index is 1290. The Labute approximate surface area is 247 Å². The molecular weight excluding hydrogens is 561 g/mol. The summed E-state index contributed by atoms with van der Waals surface area (Å²) in [5, 5.41) is 3.88. The van der Waals surface area contributed by atoms with Crippen LogP contribution in [0.3, 0.4) is 0 Å². The highest BCUT2D eigenvalue weighted by Crippen LogP contribution is 2.33. The van der Waals surface area contributed by atoms with Crippen LogP contribution in [0.1, 0.15) is 34.0 Å². The van der Waals surface area contributed by atoms with Crippen molar-refractivity contribution >= 4 is 48.0 Å². The molecule has 0 atom stereocenters. The normalized spacial score (nSPS) is 14.8. The van der Waals surface area contributed by atoms with Crippen LogP contribution >= 0.6 is 36.4 Å². The number of benzene rings is 2. The van der Waals surface area contributed by atoms with E-state index in [0.717, 1.165) is 72.7 Å². The second-order valence-electron chi connectivity index (χ2n) is 9.58. The van der Waals surface area contributed by atoms with Crippen molar-refractivity contribution in [2.45, 2.75) is 27.2 Å². The molecule has 1 fully saturated rings. The number of halogens is 3. The quantitative estimate of drug-likeness (QED) is 0.387. The zero-order valence-corrected chi connectivity index (χ0v) is 24.9. The molecule has 39 heavy (non-hydrogen) atoms. The molecule has 212 valence electrons. The van der Waals surface area contributed by atoms with Crippen molar-refractivity contribution in [3.05, 3.63) is 64.2 Å². The maximum absolute atomic E-state index is 12.9. The van der Waals surface area contributed by atoms with Gasteiger partial charge in [0, 0.05) is 49.5 Å². The molecule has 2 aromatic carbocycles. The number of fused-ring (bicyclic) bond motifs is 1. The lowest BCUT2D eigenvalue weighted by Crippen LogP contribution is -2.47. The van der Waals surface area contributed by atoms with Crippen LogP contribution in [0.25, 0.3) is 5.69 Å². The van der Waals surface area contributed by atoms with Crippen molar-refractivity contribution in [1.82, 2.24) is 19.8 Å². The highest BCUT2D eigenvalue weighted by atomic mass is 35.5. The van der Waals surface area contributed by atoms with Gasteiger partial charge in [0.2, 0.25) is 0 Å². The lowest BCUT2D eigenvalue weighted by atomic mass is 10.1. The molecule has 0 bridgehead atoms. The van der Waals surface area contributed by atoms with Crippen molar-refractivity contribution in [1.29, 1.82) is 0 Å². The van der Waals surface area contributed by atoms with Gasteiger partial charge in [0.15, 0.2) is 11.5 Å². The Balaban J connectivity index is 0.00000210. The van der Waals surface area contributed by atoms with E-state index in [-0.39, 0.29) is 30.7 Å². The van der Waals surface area contributed by atoms with E-state index in [0.29, 0.717) is 31.2 Å². The summed E-state index contributed by atoms with van der Waals surface area (Å²) in [6.45, 7) is 12.5. The zero-order chi connectivity index (χ0) is 25.9. The van der Waals surface area contributed by atoms with Crippen LogP contribution < -0.4 is 19.7 Å². The SMILES string of the molecule is Cc1c(Cl)cccc1N1CCN(CCCNC(=O)c2nc(C)n(-c3ccc4c(c3)OCCO4)c2C)CC1.Cl.Cl. The Morgan fingerprint density at radius 3 is 2.46 bits per heavy atom. The van der Waals surface area contributed by atoms with Crippen LogP contribution in [0, 0.1) is 20.8 Å². The van der Waals surface area contributed by atoms with Crippen molar-refractivity contribution in [2.24, 2.45) is 0 Å². The van der Waals surface area contributed by atoms with Gasteiger partial charge in [-0.15, -0.1) is 24.8 Å². The van der Waals surface area contributed by atoms with Gasteiger partial charge in [-0.1, -0.05) is 17.7 Å². The van der Waals surface area contributed by atoms with E-state index in [9.17, 15) is 4.79 Å². The maximum atomic E-state index is 12.9. The van der Waals surface area contributed by atoms with E-state index < -0.39 is 0 Å². The number of carbonyl (C=O) groups is 1. The topological polar surface area (TPSA) is 71.9 Å². The monoisotopic (exact) mass is 595 g/mol. The summed E-state index contributed by atoms with van der Waals surface area (Å²) < 4.78 is 13.3. The lowest BCUT2D eigenvalue weighted by Gasteiger charge is -2.37. The van der Waals surface area contributed by atoms with E-state index >= 15 is 0 Å². The van der Waals surface area contributed by atoms with Crippen molar-refractivity contribution < 1.29 is 14.3 Å². The third-order valence-electron chi connectivity index (χ3n) is 7.16. The highest BCUT2D eigenvalue weighted by Gasteiger charge is 2.21. The zero-order valence-electron chi connectivity index (χ0n) is 22.5. The second-order valence-corrected chi connectivity index (χ2v) is 9.99. The summed E-state index contributed by atoms with van der Waals surface area (Å²) in [4.78, 5) is 22.4. The Morgan fingerprint density at radius 1 is 1.00 bits per heavy atom. The Hall–Kier alpha value is -2.65. The number of amides is 1. The summed E-state index contributed by atoms with van der Waals surface area (Å²) in [7, 11) is 0. The first-order valence-electron chi connectivity index (χ1n) is 12.9. The Kier molecular flexibility index (Phi) is 10.8. The summed E-state index contributed by atoms with van der Waals surface area (Å²) in [6.07, 6.45) is 0.892. The van der Waals surface area contributed by atoms with E-state index in [2.05, 4.69) is 33.1 Å². The minimum Gasteiger partial charge on any atom is -0.486 e. The fourth-order valence-electron chi connectivity index (χ4n) is 5.15. The molecule has 0 radical (unpaired) electrons. The van der Waals surface area contributed by atoms with E-state index in [1.807, 2.05) is 48.7 Å². The Morgan fingerprint density at radius 2 is 1.72 bits per heavy atom. The molecule has 8 nitrogen and oxygen atoms in total. The molecule has 0 aliphatic carbocycles. The van der Waals surface area contributed by atoms with Crippen LogP contribution in [0.2, 0.25) is 5.02 Å². The smallest absolute Gasteiger partial charge is 0.271 e. The number of hydrogen-bond acceptors (Lipinski definition) is 6. The van der Waals surface area contributed by atoms with Gasteiger partial charge in [0.05, 0.1) is 11.4 Å². The molecule has 11 heteroatoms. The predicted octanol–water partition coefficient (Wildman–Crippen LogP) is 5.01. The van der Waals surface area contributed by atoms with Gasteiger partial charge >= 0.3 is 0 Å². The van der Waals surface area contributed by atoms with Gasteiger partial charge < -0.3 is 24.3 Å². The molecule has 2 aliphatic rings. The number of aryl methyl sites for hydroxylation is 1. The van der Waals surface area contributed by atoms with Gasteiger partial charge in [0.1, 0.15) is 24.7 Å². The van der Waals surface area contributed by atoms with E-state index in [1.54, 1.807) is 0 Å². The van der Waals surface area contributed by atoms with Gasteiger partial charge in [-0.3, -0.25) is 9.69 Å². The molecular formula is C28H36Cl3N5O3. The average molecular weight is 597 g/mol. The summed E-state index contributed by atoms with van der Waals surface area (Å²) >= 11 is 6.31. The first-order chi connectivity index (χ1) is 17.9. The molecule has 0 spiro atoms. The second kappa shape index (κ2) is 13.6. The number of ether oxygens (including phenoxy) is 2. The number of aromatic nitrogens is 2. The first kappa shape index (κ1) is 30.9. The number of nitrogens with one attached hydrogen (secondary N) is 1.